The van der Waals surface area contributed by atoms with Crippen molar-refractivity contribution in [3.05, 3.63) is 36.4 Å². The molecule has 2 N–H and O–H groups in total. The van der Waals surface area contributed by atoms with E-state index in [1.54, 1.807) is 12.3 Å². The number of carbonyl (C=O) groups is 1. The minimum atomic E-state index is -0.571. The monoisotopic (exact) mass is 336 g/mol. The highest BCUT2D eigenvalue weighted by Crippen LogP contribution is 2.33. The average molecular weight is 336 g/mol. The van der Waals surface area contributed by atoms with Gasteiger partial charge in [-0.15, -0.1) is 0 Å². The smallest absolute Gasteiger partial charge is 0.254 e. The Morgan fingerprint density at radius 3 is 3.13 bits per heavy atom. The maximum atomic E-state index is 13.6. The number of imidazole rings is 1. The van der Waals surface area contributed by atoms with E-state index < -0.39 is 11.9 Å². The topological polar surface area (TPSA) is 68.2 Å². The van der Waals surface area contributed by atoms with E-state index in [1.165, 1.54) is 23.9 Å². The molecule has 1 aromatic heterocycles. The molecule has 1 aromatic carbocycles. The molecular weight excluding hydrogens is 319 g/mol. The van der Waals surface area contributed by atoms with Crippen molar-refractivity contribution >= 4 is 23.4 Å². The molecule has 6 nitrogen and oxygen atoms in total. The van der Waals surface area contributed by atoms with Gasteiger partial charge in [0.2, 0.25) is 0 Å². The summed E-state index contributed by atoms with van der Waals surface area (Å²) in [6, 6.07) is 4.29. The zero-order valence-corrected chi connectivity index (χ0v) is 13.4. The van der Waals surface area contributed by atoms with Crippen molar-refractivity contribution in [2.45, 2.75) is 16.2 Å². The van der Waals surface area contributed by atoms with Crippen molar-refractivity contribution < 1.29 is 13.9 Å². The van der Waals surface area contributed by atoms with Crippen LogP contribution in [0.15, 0.2) is 40.6 Å². The number of amides is 1. The van der Waals surface area contributed by atoms with Crippen molar-refractivity contribution in [3.63, 3.8) is 0 Å². The van der Waals surface area contributed by atoms with Gasteiger partial charge >= 0.3 is 0 Å². The van der Waals surface area contributed by atoms with E-state index >= 15 is 0 Å². The van der Waals surface area contributed by atoms with Crippen LogP contribution in [0, 0.1) is 5.82 Å². The van der Waals surface area contributed by atoms with Gasteiger partial charge in [0.25, 0.3) is 5.91 Å². The van der Waals surface area contributed by atoms with Crippen LogP contribution in [-0.4, -0.2) is 41.3 Å². The number of hydrogen-bond acceptors (Lipinski definition) is 5. The van der Waals surface area contributed by atoms with Crippen LogP contribution in [0.4, 0.5) is 10.1 Å². The van der Waals surface area contributed by atoms with Crippen molar-refractivity contribution in [1.82, 2.24) is 14.9 Å². The van der Waals surface area contributed by atoms with Gasteiger partial charge in [-0.1, -0.05) is 0 Å². The Balaban J connectivity index is 1.78. The Morgan fingerprint density at radius 2 is 2.43 bits per heavy atom. The van der Waals surface area contributed by atoms with Crippen LogP contribution in [0.5, 0.6) is 0 Å². The molecule has 0 spiro atoms. The number of ether oxygens (including phenoxy) is 1. The van der Waals surface area contributed by atoms with Gasteiger partial charge in [0.1, 0.15) is 11.9 Å². The SMILES string of the molecule is Cn1ccnc1Sc1ccc(F)cc1NC(=O)C1CNCCO1. The molecule has 1 fully saturated rings. The molecule has 0 bridgehead atoms. The van der Waals surface area contributed by atoms with Crippen molar-refractivity contribution in [2.75, 3.05) is 25.0 Å². The summed E-state index contributed by atoms with van der Waals surface area (Å²) in [5.41, 5.74) is 0.414. The summed E-state index contributed by atoms with van der Waals surface area (Å²) in [6.07, 6.45) is 2.94. The second kappa shape index (κ2) is 7.12. The molecule has 0 radical (unpaired) electrons. The Labute approximate surface area is 137 Å². The first-order valence-electron chi connectivity index (χ1n) is 7.21. The zero-order valence-electron chi connectivity index (χ0n) is 12.6. The number of nitrogens with one attached hydrogen (secondary N) is 2. The molecule has 3 rings (SSSR count). The summed E-state index contributed by atoms with van der Waals surface area (Å²) in [7, 11) is 1.87. The third-order valence-electron chi connectivity index (χ3n) is 3.40. The molecule has 1 saturated heterocycles. The van der Waals surface area contributed by atoms with Gasteiger partial charge in [-0.2, -0.15) is 0 Å². The van der Waals surface area contributed by atoms with Gasteiger partial charge in [-0.3, -0.25) is 4.79 Å². The highest BCUT2D eigenvalue weighted by molar-refractivity contribution is 7.99. The Morgan fingerprint density at radius 1 is 1.57 bits per heavy atom. The van der Waals surface area contributed by atoms with E-state index in [1.807, 2.05) is 17.8 Å². The average Bonchev–Trinajstić information content (AvgIpc) is 2.96. The van der Waals surface area contributed by atoms with Gasteiger partial charge in [-0.25, -0.2) is 9.37 Å². The lowest BCUT2D eigenvalue weighted by molar-refractivity contribution is -0.128. The van der Waals surface area contributed by atoms with E-state index in [4.69, 9.17) is 4.74 Å². The first-order chi connectivity index (χ1) is 11.1. The summed E-state index contributed by atoms with van der Waals surface area (Å²) in [5.74, 6) is -0.698. The lowest BCUT2D eigenvalue weighted by Crippen LogP contribution is -2.45. The molecule has 1 aliphatic heterocycles. The van der Waals surface area contributed by atoms with E-state index in [0.29, 0.717) is 18.8 Å². The van der Waals surface area contributed by atoms with Crippen LogP contribution >= 0.6 is 11.8 Å². The highest BCUT2D eigenvalue weighted by Gasteiger charge is 2.23. The third kappa shape index (κ3) is 3.90. The fourth-order valence-corrected chi connectivity index (χ4v) is 3.06. The third-order valence-corrected chi connectivity index (χ3v) is 4.55. The summed E-state index contributed by atoms with van der Waals surface area (Å²) in [4.78, 5) is 17.2. The van der Waals surface area contributed by atoms with Gasteiger partial charge in [0.05, 0.1) is 12.3 Å². The standard InChI is InChI=1S/C15H17FN4O2S/c1-20-6-4-18-15(20)23-13-3-2-10(16)8-11(13)19-14(21)12-9-17-5-7-22-12/h2-4,6,8,12,17H,5,7,9H2,1H3,(H,19,21). The van der Waals surface area contributed by atoms with E-state index in [-0.39, 0.29) is 5.91 Å². The minimum Gasteiger partial charge on any atom is -0.366 e. The molecule has 1 unspecified atom stereocenters. The molecule has 0 aliphatic carbocycles. The fourth-order valence-electron chi connectivity index (χ4n) is 2.18. The Kier molecular flexibility index (Phi) is 4.94. The highest BCUT2D eigenvalue weighted by atomic mass is 32.2. The summed E-state index contributed by atoms with van der Waals surface area (Å²) in [5, 5.41) is 6.60. The van der Waals surface area contributed by atoms with Crippen molar-refractivity contribution in [3.8, 4) is 0 Å². The van der Waals surface area contributed by atoms with Crippen molar-refractivity contribution in [1.29, 1.82) is 0 Å². The molecule has 1 aliphatic rings. The molecule has 1 amide bonds. The van der Waals surface area contributed by atoms with Gasteiger partial charge in [0.15, 0.2) is 5.16 Å². The Hall–Kier alpha value is -1.90. The summed E-state index contributed by atoms with van der Waals surface area (Å²) in [6.45, 7) is 1.66. The number of benzene rings is 1. The maximum absolute atomic E-state index is 13.6. The van der Waals surface area contributed by atoms with Gasteiger partial charge < -0.3 is 19.9 Å². The Bertz CT molecular complexity index is 701. The minimum absolute atomic E-state index is 0.288. The fraction of sp³-hybridized carbons (Fsp3) is 0.333. The number of nitrogens with zero attached hydrogens (tertiary/aromatic N) is 2. The number of halogens is 1. The molecule has 122 valence electrons. The lowest BCUT2D eigenvalue weighted by Gasteiger charge is -2.23. The summed E-state index contributed by atoms with van der Waals surface area (Å²) < 4.78 is 20.8. The second-order valence-corrected chi connectivity index (χ2v) is 6.13. The molecule has 0 saturated carbocycles. The predicted octanol–water partition coefficient (Wildman–Crippen LogP) is 1.64. The molecule has 2 heterocycles. The number of anilines is 1. The number of aryl methyl sites for hydroxylation is 1. The molecular formula is C15H17FN4O2S. The maximum Gasteiger partial charge on any atom is 0.254 e. The number of hydrogen-bond donors (Lipinski definition) is 2. The van der Waals surface area contributed by atoms with E-state index in [2.05, 4.69) is 15.6 Å². The van der Waals surface area contributed by atoms with Gasteiger partial charge in [-0.05, 0) is 30.0 Å². The molecule has 1 atom stereocenters. The van der Waals surface area contributed by atoms with Crippen LogP contribution in [0.1, 0.15) is 0 Å². The van der Waals surface area contributed by atoms with Crippen LogP contribution in [0.2, 0.25) is 0 Å². The van der Waals surface area contributed by atoms with Crippen molar-refractivity contribution in [2.24, 2.45) is 7.05 Å². The van der Waals surface area contributed by atoms with Crippen LogP contribution in [-0.2, 0) is 16.6 Å². The van der Waals surface area contributed by atoms with Crippen LogP contribution in [0.3, 0.4) is 0 Å². The zero-order chi connectivity index (χ0) is 16.2. The van der Waals surface area contributed by atoms with E-state index in [9.17, 15) is 9.18 Å². The molecule has 23 heavy (non-hydrogen) atoms. The first-order valence-corrected chi connectivity index (χ1v) is 8.03. The number of carbonyl (C=O) groups excluding carboxylic acids is 1. The molecule has 8 heteroatoms. The lowest BCUT2D eigenvalue weighted by atomic mass is 10.2. The van der Waals surface area contributed by atoms with Gasteiger partial charge in [0, 0.05) is 37.4 Å². The predicted molar refractivity (Wildman–Crippen MR) is 85.0 cm³/mol. The van der Waals surface area contributed by atoms with Crippen LogP contribution < -0.4 is 10.6 Å². The second-order valence-electron chi connectivity index (χ2n) is 5.12. The largest absolute Gasteiger partial charge is 0.366 e. The number of rotatable bonds is 4. The first kappa shape index (κ1) is 16.0. The summed E-state index contributed by atoms with van der Waals surface area (Å²) >= 11 is 1.36. The molecule has 2 aromatic rings. The van der Waals surface area contributed by atoms with Crippen LogP contribution in [0.25, 0.3) is 0 Å². The number of morpholine rings is 1. The number of aromatic nitrogens is 2. The normalized spacial score (nSPS) is 17.9. The van der Waals surface area contributed by atoms with E-state index in [0.717, 1.165) is 16.6 Å². The quantitative estimate of drug-likeness (QED) is 0.888.